The maximum atomic E-state index is 12.5. The zero-order valence-corrected chi connectivity index (χ0v) is 17.2. The second-order valence-corrected chi connectivity index (χ2v) is 7.31. The minimum absolute atomic E-state index is 0.0385. The molecule has 1 aliphatic rings. The summed E-state index contributed by atoms with van der Waals surface area (Å²) in [4.78, 5) is 60.2. The Hall–Kier alpha value is -4.05. The van der Waals surface area contributed by atoms with Crippen LogP contribution < -0.4 is 10.4 Å². The van der Waals surface area contributed by atoms with Crippen molar-refractivity contribution in [2.75, 3.05) is 6.54 Å². The second kappa shape index (κ2) is 7.89. The zero-order chi connectivity index (χ0) is 23.2. The first-order chi connectivity index (χ1) is 15.2. The monoisotopic (exact) mass is 456 g/mol. The lowest BCUT2D eigenvalue weighted by molar-refractivity contribution is -0.385. The molecule has 0 bridgehead atoms. The van der Waals surface area contributed by atoms with Crippen molar-refractivity contribution in [3.63, 3.8) is 0 Å². The Morgan fingerprint density at radius 3 is 2.66 bits per heavy atom. The van der Waals surface area contributed by atoms with Gasteiger partial charge in [0.25, 0.3) is 17.5 Å². The van der Waals surface area contributed by atoms with E-state index in [1.54, 1.807) is 13.0 Å². The number of rotatable bonds is 5. The van der Waals surface area contributed by atoms with Crippen LogP contribution in [0, 0.1) is 17.0 Å². The highest BCUT2D eigenvalue weighted by molar-refractivity contribution is 6.31. The number of nitro benzene ring substituents is 1. The first-order valence-corrected chi connectivity index (χ1v) is 9.64. The maximum absolute atomic E-state index is 12.5. The van der Waals surface area contributed by atoms with E-state index >= 15 is 0 Å². The van der Waals surface area contributed by atoms with E-state index in [2.05, 4.69) is 0 Å². The fourth-order valence-electron chi connectivity index (χ4n) is 3.43. The Bertz CT molecular complexity index is 1390. The number of halogens is 1. The highest BCUT2D eigenvalue weighted by atomic mass is 35.5. The van der Waals surface area contributed by atoms with E-state index in [-0.39, 0.29) is 40.4 Å². The average Bonchev–Trinajstić information content (AvgIpc) is 3.00. The number of benzene rings is 2. The summed E-state index contributed by atoms with van der Waals surface area (Å²) in [6, 6.07) is 8.17. The highest BCUT2D eigenvalue weighted by Crippen LogP contribution is 2.31. The van der Waals surface area contributed by atoms with Crippen LogP contribution in [0.4, 0.5) is 5.69 Å². The molecule has 2 amide bonds. The van der Waals surface area contributed by atoms with Crippen LogP contribution in [0.3, 0.4) is 0 Å². The number of ether oxygens (including phenoxy) is 1. The van der Waals surface area contributed by atoms with Crippen molar-refractivity contribution in [2.45, 2.75) is 13.3 Å². The number of nitro groups is 1. The molecule has 0 radical (unpaired) electrons. The van der Waals surface area contributed by atoms with E-state index in [0.29, 0.717) is 10.9 Å². The van der Waals surface area contributed by atoms with Gasteiger partial charge in [0.2, 0.25) is 0 Å². The van der Waals surface area contributed by atoms with Gasteiger partial charge in [-0.1, -0.05) is 17.7 Å². The van der Waals surface area contributed by atoms with E-state index in [9.17, 15) is 29.3 Å². The molecule has 3 aromatic rings. The molecule has 11 heteroatoms. The van der Waals surface area contributed by atoms with E-state index in [4.69, 9.17) is 20.8 Å². The van der Waals surface area contributed by atoms with Crippen molar-refractivity contribution in [1.29, 1.82) is 0 Å². The van der Waals surface area contributed by atoms with E-state index < -0.39 is 34.0 Å². The fraction of sp³-hybridized carbons (Fsp3) is 0.143. The lowest BCUT2D eigenvalue weighted by Gasteiger charge is -2.13. The van der Waals surface area contributed by atoms with E-state index in [1.807, 2.05) is 0 Å². The standard InChI is InChI=1S/C21H13ClN2O8/c1-10-12-6-5-11(9-15(12)32-21(28)18(10)22)31-16(25)7-8-23-19(26)13-3-2-4-14(24(29)30)17(13)20(23)27/h2-6,9H,7-8H2,1H3. The van der Waals surface area contributed by atoms with Crippen LogP contribution in [-0.4, -0.2) is 34.2 Å². The molecule has 10 nitrogen and oxygen atoms in total. The van der Waals surface area contributed by atoms with Crippen molar-refractivity contribution < 1.29 is 28.5 Å². The minimum atomic E-state index is -0.843. The molecule has 0 N–H and O–H groups in total. The molecule has 0 saturated carbocycles. The SMILES string of the molecule is Cc1c(Cl)c(=O)oc2cc(OC(=O)CCN3C(=O)c4cccc([N+](=O)[O-])c4C3=O)ccc12. The lowest BCUT2D eigenvalue weighted by Crippen LogP contribution is -2.32. The maximum Gasteiger partial charge on any atom is 0.355 e. The van der Waals surface area contributed by atoms with Crippen LogP contribution >= 0.6 is 11.6 Å². The van der Waals surface area contributed by atoms with Crippen molar-refractivity contribution in [1.82, 2.24) is 4.90 Å². The van der Waals surface area contributed by atoms with Gasteiger partial charge in [-0.3, -0.25) is 29.4 Å². The van der Waals surface area contributed by atoms with Crippen molar-refractivity contribution in [2.24, 2.45) is 0 Å². The number of imide groups is 1. The molecule has 0 aliphatic carbocycles. The molecular formula is C21H13ClN2O8. The summed E-state index contributed by atoms with van der Waals surface area (Å²) in [7, 11) is 0. The van der Waals surface area contributed by atoms with Crippen LogP contribution in [0.5, 0.6) is 5.75 Å². The predicted octanol–water partition coefficient (Wildman–Crippen LogP) is 3.25. The Morgan fingerprint density at radius 2 is 1.94 bits per heavy atom. The van der Waals surface area contributed by atoms with Gasteiger partial charge in [0.05, 0.1) is 16.9 Å². The third-order valence-electron chi connectivity index (χ3n) is 5.01. The van der Waals surface area contributed by atoms with Crippen LogP contribution in [0.25, 0.3) is 11.0 Å². The molecular weight excluding hydrogens is 444 g/mol. The average molecular weight is 457 g/mol. The largest absolute Gasteiger partial charge is 0.426 e. The number of esters is 1. The predicted molar refractivity (Wildman–Crippen MR) is 111 cm³/mol. The van der Waals surface area contributed by atoms with E-state index in [0.717, 1.165) is 11.0 Å². The third-order valence-corrected chi connectivity index (χ3v) is 5.45. The van der Waals surface area contributed by atoms with Crippen LogP contribution in [-0.2, 0) is 4.79 Å². The number of hydrogen-bond acceptors (Lipinski definition) is 8. The number of amides is 2. The molecule has 162 valence electrons. The molecule has 0 spiro atoms. The summed E-state index contributed by atoms with van der Waals surface area (Å²) in [5, 5.41) is 11.7. The highest BCUT2D eigenvalue weighted by Gasteiger charge is 2.40. The lowest BCUT2D eigenvalue weighted by atomic mass is 10.1. The Balaban J connectivity index is 1.48. The number of fused-ring (bicyclic) bond motifs is 2. The summed E-state index contributed by atoms with van der Waals surface area (Å²) in [5.41, 5.74) is -0.880. The molecule has 1 aromatic heterocycles. The molecule has 0 unspecified atom stereocenters. The van der Waals surface area contributed by atoms with Gasteiger partial charge in [0.15, 0.2) is 0 Å². The fourth-order valence-corrected chi connectivity index (χ4v) is 3.57. The summed E-state index contributed by atoms with van der Waals surface area (Å²) >= 11 is 5.88. The van der Waals surface area contributed by atoms with Crippen molar-refractivity contribution in [3.05, 3.63) is 78.6 Å². The summed E-state index contributed by atoms with van der Waals surface area (Å²) in [6.45, 7) is 1.33. The number of aryl methyl sites for hydroxylation is 1. The van der Waals surface area contributed by atoms with Gasteiger partial charge >= 0.3 is 11.6 Å². The zero-order valence-electron chi connectivity index (χ0n) is 16.4. The van der Waals surface area contributed by atoms with Crippen LogP contribution in [0.1, 0.15) is 32.7 Å². The molecule has 0 fully saturated rings. The number of carbonyl (C=O) groups excluding carboxylic acids is 3. The van der Waals surface area contributed by atoms with Gasteiger partial charge in [-0.15, -0.1) is 0 Å². The first kappa shape index (κ1) is 21.2. The molecule has 2 aromatic carbocycles. The smallest absolute Gasteiger partial charge is 0.355 e. The van der Waals surface area contributed by atoms with Crippen molar-refractivity contribution >= 4 is 46.0 Å². The quantitative estimate of drug-likeness (QED) is 0.142. The van der Waals surface area contributed by atoms with Gasteiger partial charge in [-0.2, -0.15) is 0 Å². The van der Waals surface area contributed by atoms with Crippen LogP contribution in [0.2, 0.25) is 5.02 Å². The summed E-state index contributed by atoms with van der Waals surface area (Å²) < 4.78 is 10.3. The van der Waals surface area contributed by atoms with Crippen LogP contribution in [0.15, 0.2) is 45.6 Å². The number of hydrogen-bond donors (Lipinski definition) is 0. The molecule has 2 heterocycles. The van der Waals surface area contributed by atoms with Crippen molar-refractivity contribution in [3.8, 4) is 5.75 Å². The third kappa shape index (κ3) is 3.50. The molecule has 1 aliphatic heterocycles. The second-order valence-electron chi connectivity index (χ2n) is 6.93. The molecule has 0 saturated heterocycles. The molecule has 0 atom stereocenters. The van der Waals surface area contributed by atoms with Gasteiger partial charge in [0.1, 0.15) is 21.9 Å². The van der Waals surface area contributed by atoms with Gasteiger partial charge in [0, 0.05) is 24.1 Å². The summed E-state index contributed by atoms with van der Waals surface area (Å²) in [5.74, 6) is -2.24. The Kier molecular flexibility index (Phi) is 5.23. The Labute approximate surface area is 184 Å². The van der Waals surface area contributed by atoms with E-state index in [1.165, 1.54) is 24.3 Å². The molecule has 32 heavy (non-hydrogen) atoms. The molecule has 4 rings (SSSR count). The summed E-state index contributed by atoms with van der Waals surface area (Å²) in [6.07, 6.45) is -0.346. The topological polar surface area (TPSA) is 137 Å². The van der Waals surface area contributed by atoms with Gasteiger partial charge < -0.3 is 9.15 Å². The van der Waals surface area contributed by atoms with Gasteiger partial charge in [-0.25, -0.2) is 4.79 Å². The minimum Gasteiger partial charge on any atom is -0.426 e. The normalized spacial score (nSPS) is 12.9. The number of carbonyl (C=O) groups is 3. The number of nitrogens with zero attached hydrogens (tertiary/aromatic N) is 2. The first-order valence-electron chi connectivity index (χ1n) is 9.26. The Morgan fingerprint density at radius 1 is 1.19 bits per heavy atom. The van der Waals surface area contributed by atoms with Gasteiger partial charge in [-0.05, 0) is 30.7 Å².